The van der Waals surface area contributed by atoms with Crippen molar-refractivity contribution >= 4 is 6.29 Å². The molecule has 3 nitrogen and oxygen atoms in total. The lowest BCUT2D eigenvalue weighted by Crippen LogP contribution is -1.95. The SMILES string of the molecule is Cc1ncc(F)c(-c2cccc(C=O)c2)n1. The van der Waals surface area contributed by atoms with Crippen LogP contribution in [0.15, 0.2) is 30.5 Å². The first-order chi connectivity index (χ1) is 7.70. The van der Waals surface area contributed by atoms with Crippen molar-refractivity contribution in [2.75, 3.05) is 0 Å². The third kappa shape index (κ3) is 1.95. The Balaban J connectivity index is 2.57. The summed E-state index contributed by atoms with van der Waals surface area (Å²) in [5, 5.41) is 0. The molecule has 0 spiro atoms. The molecule has 0 amide bonds. The minimum absolute atomic E-state index is 0.219. The maximum Gasteiger partial charge on any atom is 0.167 e. The Morgan fingerprint density at radius 2 is 2.19 bits per heavy atom. The van der Waals surface area contributed by atoms with Crippen molar-refractivity contribution in [3.63, 3.8) is 0 Å². The van der Waals surface area contributed by atoms with E-state index >= 15 is 0 Å². The van der Waals surface area contributed by atoms with E-state index in [-0.39, 0.29) is 5.69 Å². The van der Waals surface area contributed by atoms with Gasteiger partial charge in [0.15, 0.2) is 5.82 Å². The zero-order valence-electron chi connectivity index (χ0n) is 8.64. The van der Waals surface area contributed by atoms with Gasteiger partial charge in [-0.15, -0.1) is 0 Å². The monoisotopic (exact) mass is 216 g/mol. The molecule has 0 aliphatic carbocycles. The molecule has 0 unspecified atom stereocenters. The van der Waals surface area contributed by atoms with Crippen LogP contribution in [0.25, 0.3) is 11.3 Å². The molecule has 0 bridgehead atoms. The molecular weight excluding hydrogens is 207 g/mol. The number of aryl methyl sites for hydroxylation is 1. The molecule has 16 heavy (non-hydrogen) atoms. The first-order valence-corrected chi connectivity index (χ1v) is 4.75. The lowest BCUT2D eigenvalue weighted by molar-refractivity contribution is 0.112. The summed E-state index contributed by atoms with van der Waals surface area (Å²) in [4.78, 5) is 18.4. The van der Waals surface area contributed by atoms with E-state index in [0.29, 0.717) is 17.0 Å². The standard InChI is InChI=1S/C12H9FN2O/c1-8-14-6-11(13)12(15-8)10-4-2-3-9(5-10)7-16/h2-7H,1H3. The van der Waals surface area contributed by atoms with E-state index in [1.165, 1.54) is 0 Å². The average Bonchev–Trinajstić information content (AvgIpc) is 2.32. The maximum absolute atomic E-state index is 13.5. The molecule has 4 heteroatoms. The average molecular weight is 216 g/mol. The topological polar surface area (TPSA) is 42.9 Å². The van der Waals surface area contributed by atoms with Crippen LogP contribution in [0.4, 0.5) is 4.39 Å². The molecule has 2 rings (SSSR count). The summed E-state index contributed by atoms with van der Waals surface area (Å²) >= 11 is 0. The predicted molar refractivity (Wildman–Crippen MR) is 57.6 cm³/mol. The van der Waals surface area contributed by atoms with Crippen LogP contribution >= 0.6 is 0 Å². The van der Waals surface area contributed by atoms with Gasteiger partial charge in [-0.25, -0.2) is 14.4 Å². The van der Waals surface area contributed by atoms with Gasteiger partial charge in [-0.1, -0.05) is 18.2 Å². The van der Waals surface area contributed by atoms with Gasteiger partial charge in [0.25, 0.3) is 0 Å². The molecule has 80 valence electrons. The summed E-state index contributed by atoms with van der Waals surface area (Å²) in [6, 6.07) is 6.65. The number of aldehydes is 1. The Bertz CT molecular complexity index is 540. The van der Waals surface area contributed by atoms with Crippen molar-refractivity contribution < 1.29 is 9.18 Å². The first kappa shape index (κ1) is 10.4. The Morgan fingerprint density at radius 1 is 1.38 bits per heavy atom. The highest BCUT2D eigenvalue weighted by Crippen LogP contribution is 2.20. The van der Waals surface area contributed by atoms with Crippen molar-refractivity contribution in [3.8, 4) is 11.3 Å². The molecule has 0 aliphatic rings. The highest BCUT2D eigenvalue weighted by atomic mass is 19.1. The van der Waals surface area contributed by atoms with Gasteiger partial charge in [0.05, 0.1) is 6.20 Å². The Hall–Kier alpha value is -2.10. The maximum atomic E-state index is 13.5. The van der Waals surface area contributed by atoms with Crippen LogP contribution in [0.2, 0.25) is 0 Å². The molecule has 0 fully saturated rings. The van der Waals surface area contributed by atoms with Crippen molar-refractivity contribution in [2.45, 2.75) is 6.92 Å². The molecule has 1 aromatic heterocycles. The van der Waals surface area contributed by atoms with Gasteiger partial charge < -0.3 is 0 Å². The van der Waals surface area contributed by atoms with Crippen LogP contribution in [0, 0.1) is 12.7 Å². The predicted octanol–water partition coefficient (Wildman–Crippen LogP) is 2.40. The van der Waals surface area contributed by atoms with E-state index in [1.807, 2.05) is 0 Å². The normalized spacial score (nSPS) is 10.1. The van der Waals surface area contributed by atoms with E-state index in [1.54, 1.807) is 31.2 Å². The lowest BCUT2D eigenvalue weighted by atomic mass is 10.1. The van der Waals surface area contributed by atoms with Crippen LogP contribution in [0.1, 0.15) is 16.2 Å². The number of nitrogens with zero attached hydrogens (tertiary/aromatic N) is 2. The quantitative estimate of drug-likeness (QED) is 0.724. The van der Waals surface area contributed by atoms with Crippen LogP contribution < -0.4 is 0 Å². The van der Waals surface area contributed by atoms with E-state index in [0.717, 1.165) is 12.5 Å². The Kier molecular flexibility index (Phi) is 2.72. The summed E-state index contributed by atoms with van der Waals surface area (Å²) in [6.07, 6.45) is 1.85. The summed E-state index contributed by atoms with van der Waals surface area (Å²) in [5.41, 5.74) is 1.29. The van der Waals surface area contributed by atoms with Crippen molar-refractivity contribution in [2.24, 2.45) is 0 Å². The molecular formula is C12H9FN2O. The van der Waals surface area contributed by atoms with E-state index in [2.05, 4.69) is 9.97 Å². The summed E-state index contributed by atoms with van der Waals surface area (Å²) in [6.45, 7) is 1.69. The van der Waals surface area contributed by atoms with Crippen molar-refractivity contribution in [1.82, 2.24) is 9.97 Å². The minimum atomic E-state index is -0.492. The van der Waals surface area contributed by atoms with Gasteiger partial charge in [-0.2, -0.15) is 0 Å². The fourth-order valence-corrected chi connectivity index (χ4v) is 1.42. The van der Waals surface area contributed by atoms with Gasteiger partial charge in [0.2, 0.25) is 0 Å². The number of carbonyl (C=O) groups is 1. The number of benzene rings is 1. The number of carbonyl (C=O) groups excluding carboxylic acids is 1. The lowest BCUT2D eigenvalue weighted by Gasteiger charge is -2.03. The molecule has 0 saturated heterocycles. The number of rotatable bonds is 2. The van der Waals surface area contributed by atoms with Crippen molar-refractivity contribution in [3.05, 3.63) is 47.7 Å². The third-order valence-electron chi connectivity index (χ3n) is 2.16. The smallest absolute Gasteiger partial charge is 0.167 e. The Morgan fingerprint density at radius 3 is 2.94 bits per heavy atom. The van der Waals surface area contributed by atoms with Gasteiger partial charge in [-0.3, -0.25) is 4.79 Å². The fourth-order valence-electron chi connectivity index (χ4n) is 1.42. The van der Waals surface area contributed by atoms with Gasteiger partial charge >= 0.3 is 0 Å². The first-order valence-electron chi connectivity index (χ1n) is 4.75. The number of hydrogen-bond donors (Lipinski definition) is 0. The second-order valence-electron chi connectivity index (χ2n) is 3.36. The van der Waals surface area contributed by atoms with Crippen LogP contribution in [0.3, 0.4) is 0 Å². The second kappa shape index (κ2) is 4.18. The molecule has 1 heterocycles. The molecule has 0 atom stereocenters. The summed E-state index contributed by atoms with van der Waals surface area (Å²) < 4.78 is 13.5. The molecule has 0 radical (unpaired) electrons. The zero-order valence-corrected chi connectivity index (χ0v) is 8.64. The van der Waals surface area contributed by atoms with Crippen LogP contribution in [0.5, 0.6) is 0 Å². The van der Waals surface area contributed by atoms with E-state index in [9.17, 15) is 9.18 Å². The van der Waals surface area contributed by atoms with Gasteiger partial charge in [0, 0.05) is 11.1 Å². The van der Waals surface area contributed by atoms with Gasteiger partial charge in [0.1, 0.15) is 17.8 Å². The summed E-state index contributed by atoms with van der Waals surface area (Å²) in [5.74, 6) is 0.00144. The van der Waals surface area contributed by atoms with Gasteiger partial charge in [-0.05, 0) is 13.0 Å². The number of hydrogen-bond acceptors (Lipinski definition) is 3. The highest BCUT2D eigenvalue weighted by molar-refractivity contribution is 5.78. The highest BCUT2D eigenvalue weighted by Gasteiger charge is 2.08. The van der Waals surface area contributed by atoms with E-state index in [4.69, 9.17) is 0 Å². The van der Waals surface area contributed by atoms with Crippen LogP contribution in [-0.4, -0.2) is 16.3 Å². The molecule has 1 aromatic carbocycles. The Labute approximate surface area is 92.0 Å². The fraction of sp³-hybridized carbons (Fsp3) is 0.0833. The summed E-state index contributed by atoms with van der Waals surface area (Å²) in [7, 11) is 0. The molecule has 2 aromatic rings. The third-order valence-corrected chi connectivity index (χ3v) is 2.16. The molecule has 0 aliphatic heterocycles. The minimum Gasteiger partial charge on any atom is -0.298 e. The number of halogens is 1. The second-order valence-corrected chi connectivity index (χ2v) is 3.36. The van der Waals surface area contributed by atoms with Crippen molar-refractivity contribution in [1.29, 1.82) is 0 Å². The molecule has 0 saturated carbocycles. The van der Waals surface area contributed by atoms with Crippen LogP contribution in [-0.2, 0) is 0 Å². The largest absolute Gasteiger partial charge is 0.298 e. The van der Waals surface area contributed by atoms with E-state index < -0.39 is 5.82 Å². The number of aromatic nitrogens is 2. The zero-order chi connectivity index (χ0) is 11.5. The molecule has 0 N–H and O–H groups in total.